The fourth-order valence-corrected chi connectivity index (χ4v) is 4.81. The van der Waals surface area contributed by atoms with E-state index < -0.39 is 12.0 Å². The predicted molar refractivity (Wildman–Crippen MR) is 73.1 cm³/mol. The summed E-state index contributed by atoms with van der Waals surface area (Å²) in [6.07, 6.45) is 6.28. The van der Waals surface area contributed by atoms with E-state index in [1.165, 1.54) is 32.1 Å². The van der Waals surface area contributed by atoms with E-state index in [0.29, 0.717) is 18.2 Å². The van der Waals surface area contributed by atoms with Crippen LogP contribution in [0.1, 0.15) is 32.1 Å². The molecule has 19 heavy (non-hydrogen) atoms. The molecule has 2 heterocycles. The lowest BCUT2D eigenvalue weighted by molar-refractivity contribution is -0.140. The van der Waals surface area contributed by atoms with Crippen LogP contribution in [0.4, 0.5) is 4.79 Å². The minimum atomic E-state index is -0.872. The van der Waals surface area contributed by atoms with Crippen molar-refractivity contribution in [3.05, 3.63) is 0 Å². The standard InChI is InChI=1S/C13H20N2O3S/c16-12(17)10-8-19-11-7-14(13(18)15(10)11)6-9-4-2-1-3-5-9/h9-11H,1-8H2,(H,16,17). The van der Waals surface area contributed by atoms with Crippen LogP contribution in [0, 0.1) is 5.92 Å². The molecule has 0 aromatic rings. The van der Waals surface area contributed by atoms with Crippen molar-refractivity contribution in [2.75, 3.05) is 18.8 Å². The first-order chi connectivity index (χ1) is 9.16. The molecule has 3 fully saturated rings. The van der Waals surface area contributed by atoms with Gasteiger partial charge in [-0.25, -0.2) is 9.59 Å². The highest BCUT2D eigenvalue weighted by molar-refractivity contribution is 8.00. The molecule has 0 aromatic carbocycles. The highest BCUT2D eigenvalue weighted by Crippen LogP contribution is 2.36. The van der Waals surface area contributed by atoms with Crippen LogP contribution in [-0.2, 0) is 4.79 Å². The number of carbonyl (C=O) groups is 2. The third-order valence-electron chi connectivity index (χ3n) is 4.45. The summed E-state index contributed by atoms with van der Waals surface area (Å²) in [5.74, 6) is 0.275. The first-order valence-corrected chi connectivity index (χ1v) is 8.13. The molecule has 3 aliphatic rings. The number of aliphatic carboxylic acids is 1. The maximum Gasteiger partial charge on any atom is 0.327 e. The second kappa shape index (κ2) is 5.23. The molecule has 2 aliphatic heterocycles. The van der Waals surface area contributed by atoms with Crippen molar-refractivity contribution < 1.29 is 14.7 Å². The summed E-state index contributed by atoms with van der Waals surface area (Å²) in [5, 5.41) is 9.21. The lowest BCUT2D eigenvalue weighted by Gasteiger charge is -2.27. The van der Waals surface area contributed by atoms with Gasteiger partial charge in [0.2, 0.25) is 0 Å². The summed E-state index contributed by atoms with van der Waals surface area (Å²) in [5.41, 5.74) is 0. The Labute approximate surface area is 117 Å². The summed E-state index contributed by atoms with van der Waals surface area (Å²) >= 11 is 1.60. The number of carboxylic acids is 1. The number of rotatable bonds is 3. The van der Waals surface area contributed by atoms with Crippen LogP contribution >= 0.6 is 11.8 Å². The van der Waals surface area contributed by atoms with Gasteiger partial charge in [0.1, 0.15) is 6.04 Å². The summed E-state index contributed by atoms with van der Waals surface area (Å²) in [7, 11) is 0. The molecule has 0 bridgehead atoms. The third-order valence-corrected chi connectivity index (χ3v) is 5.72. The van der Waals surface area contributed by atoms with Crippen molar-refractivity contribution in [2.24, 2.45) is 5.92 Å². The number of fused-ring (bicyclic) bond motifs is 1. The number of hydrogen-bond acceptors (Lipinski definition) is 3. The molecule has 5 nitrogen and oxygen atoms in total. The van der Waals surface area contributed by atoms with Crippen molar-refractivity contribution in [3.63, 3.8) is 0 Å². The highest BCUT2D eigenvalue weighted by atomic mass is 32.2. The normalized spacial score (nSPS) is 31.9. The van der Waals surface area contributed by atoms with Crippen molar-refractivity contribution in [2.45, 2.75) is 43.5 Å². The molecule has 2 unspecified atom stereocenters. The molecule has 1 saturated carbocycles. The topological polar surface area (TPSA) is 60.9 Å². The highest BCUT2D eigenvalue weighted by Gasteiger charge is 2.49. The van der Waals surface area contributed by atoms with Crippen LogP contribution in [0.15, 0.2) is 0 Å². The first kappa shape index (κ1) is 13.1. The van der Waals surface area contributed by atoms with Gasteiger partial charge in [-0.15, -0.1) is 11.8 Å². The Morgan fingerprint density at radius 1 is 1.32 bits per heavy atom. The fourth-order valence-electron chi connectivity index (χ4n) is 3.41. The van der Waals surface area contributed by atoms with Gasteiger partial charge in [0.15, 0.2) is 0 Å². The van der Waals surface area contributed by atoms with E-state index in [1.54, 1.807) is 16.7 Å². The number of carboxylic acid groups (broad SMARTS) is 1. The zero-order valence-electron chi connectivity index (χ0n) is 11.0. The van der Waals surface area contributed by atoms with Crippen molar-refractivity contribution in [1.82, 2.24) is 9.80 Å². The van der Waals surface area contributed by atoms with E-state index in [9.17, 15) is 9.59 Å². The van der Waals surface area contributed by atoms with E-state index in [2.05, 4.69) is 0 Å². The van der Waals surface area contributed by atoms with E-state index in [4.69, 9.17) is 5.11 Å². The van der Waals surface area contributed by atoms with Crippen molar-refractivity contribution in [1.29, 1.82) is 0 Å². The maximum absolute atomic E-state index is 12.4. The Balaban J connectivity index is 1.63. The summed E-state index contributed by atoms with van der Waals surface area (Å²) in [6, 6.07) is -0.688. The first-order valence-electron chi connectivity index (χ1n) is 7.08. The summed E-state index contributed by atoms with van der Waals surface area (Å²) in [4.78, 5) is 27.0. The predicted octanol–water partition coefficient (Wildman–Crippen LogP) is 1.83. The molecule has 0 aromatic heterocycles. The molecular weight excluding hydrogens is 264 g/mol. The van der Waals surface area contributed by atoms with E-state index in [1.807, 2.05) is 4.90 Å². The molecular formula is C13H20N2O3S. The van der Waals surface area contributed by atoms with Gasteiger partial charge in [0.05, 0.1) is 11.9 Å². The van der Waals surface area contributed by atoms with Gasteiger partial charge in [-0.2, -0.15) is 0 Å². The van der Waals surface area contributed by atoms with Crippen LogP contribution in [0.3, 0.4) is 0 Å². The van der Waals surface area contributed by atoms with E-state index in [0.717, 1.165) is 6.54 Å². The Morgan fingerprint density at radius 3 is 2.74 bits per heavy atom. The average Bonchev–Trinajstić information content (AvgIpc) is 2.93. The minimum absolute atomic E-state index is 0.0530. The van der Waals surface area contributed by atoms with Gasteiger partial charge < -0.3 is 10.0 Å². The Kier molecular flexibility index (Phi) is 3.60. The molecule has 1 N–H and O–H groups in total. The molecule has 3 rings (SSSR count). The van der Waals surface area contributed by atoms with Gasteiger partial charge >= 0.3 is 12.0 Å². The van der Waals surface area contributed by atoms with Crippen molar-refractivity contribution in [3.8, 4) is 0 Å². The Hall–Kier alpha value is -0.910. The monoisotopic (exact) mass is 284 g/mol. The van der Waals surface area contributed by atoms with Gasteiger partial charge in [0, 0.05) is 12.3 Å². The molecule has 6 heteroatoms. The van der Waals surface area contributed by atoms with E-state index in [-0.39, 0.29) is 11.4 Å². The quantitative estimate of drug-likeness (QED) is 0.859. The van der Waals surface area contributed by atoms with Gasteiger partial charge in [-0.05, 0) is 18.8 Å². The number of nitrogens with zero attached hydrogens (tertiary/aromatic N) is 2. The van der Waals surface area contributed by atoms with Crippen LogP contribution < -0.4 is 0 Å². The van der Waals surface area contributed by atoms with Crippen molar-refractivity contribution >= 4 is 23.8 Å². The van der Waals surface area contributed by atoms with Gasteiger partial charge in [-0.1, -0.05) is 19.3 Å². The second-order valence-electron chi connectivity index (χ2n) is 5.74. The van der Waals surface area contributed by atoms with Gasteiger partial charge in [0.25, 0.3) is 0 Å². The molecule has 1 aliphatic carbocycles. The lowest BCUT2D eigenvalue weighted by Crippen LogP contribution is -2.44. The molecule has 2 amide bonds. The number of carbonyl (C=O) groups excluding carboxylic acids is 1. The molecule has 0 spiro atoms. The van der Waals surface area contributed by atoms with Gasteiger partial charge in [-0.3, -0.25) is 4.90 Å². The van der Waals surface area contributed by atoms with Crippen LogP contribution in [0.2, 0.25) is 0 Å². The lowest BCUT2D eigenvalue weighted by atomic mass is 9.89. The number of thioether (sulfide) groups is 1. The minimum Gasteiger partial charge on any atom is -0.480 e. The van der Waals surface area contributed by atoms with E-state index >= 15 is 0 Å². The van der Waals surface area contributed by atoms with Crippen LogP contribution in [0.25, 0.3) is 0 Å². The number of urea groups is 1. The number of hydrogen-bond donors (Lipinski definition) is 1. The Morgan fingerprint density at radius 2 is 2.05 bits per heavy atom. The molecule has 2 saturated heterocycles. The average molecular weight is 284 g/mol. The summed E-state index contributed by atoms with van der Waals surface area (Å²) < 4.78 is 0. The molecule has 0 radical (unpaired) electrons. The summed E-state index contributed by atoms with van der Waals surface area (Å²) in [6.45, 7) is 1.52. The second-order valence-corrected chi connectivity index (χ2v) is 6.95. The SMILES string of the molecule is O=C(O)C1CSC2CN(CC3CCCCC3)C(=O)N21. The zero-order chi connectivity index (χ0) is 13.4. The molecule has 2 atom stereocenters. The van der Waals surface area contributed by atoms with Crippen LogP contribution in [-0.4, -0.2) is 57.2 Å². The third kappa shape index (κ3) is 2.42. The number of amides is 2. The zero-order valence-corrected chi connectivity index (χ0v) is 11.8. The maximum atomic E-state index is 12.4. The largest absolute Gasteiger partial charge is 0.480 e. The van der Waals surface area contributed by atoms with Crippen LogP contribution in [0.5, 0.6) is 0 Å². The fraction of sp³-hybridized carbons (Fsp3) is 0.846. The Bertz CT molecular complexity index is 384. The smallest absolute Gasteiger partial charge is 0.327 e. The molecule has 106 valence electrons.